The topological polar surface area (TPSA) is 32.3 Å². The van der Waals surface area contributed by atoms with Crippen molar-refractivity contribution >= 4 is 5.91 Å². The van der Waals surface area contributed by atoms with Crippen LogP contribution in [0.1, 0.15) is 66.2 Å². The summed E-state index contributed by atoms with van der Waals surface area (Å²) in [6, 6.07) is 0.299. The highest BCUT2D eigenvalue weighted by atomic mass is 16.2. The van der Waals surface area contributed by atoms with Gasteiger partial charge >= 0.3 is 0 Å². The van der Waals surface area contributed by atoms with E-state index in [-0.39, 0.29) is 5.54 Å². The lowest BCUT2D eigenvalue weighted by atomic mass is 9.79. The molecule has 0 bridgehead atoms. The van der Waals surface area contributed by atoms with Crippen LogP contribution in [0.3, 0.4) is 0 Å². The van der Waals surface area contributed by atoms with Crippen molar-refractivity contribution in [3.05, 3.63) is 0 Å². The Morgan fingerprint density at radius 2 is 1.74 bits per heavy atom. The summed E-state index contributed by atoms with van der Waals surface area (Å²) in [5, 5.41) is 3.45. The molecule has 1 saturated carbocycles. The van der Waals surface area contributed by atoms with Crippen LogP contribution in [-0.4, -0.2) is 36.0 Å². The summed E-state index contributed by atoms with van der Waals surface area (Å²) >= 11 is 0. The fourth-order valence-corrected chi connectivity index (χ4v) is 3.13. The summed E-state index contributed by atoms with van der Waals surface area (Å²) in [7, 11) is 2.01. The van der Waals surface area contributed by atoms with Crippen LogP contribution in [-0.2, 0) is 4.79 Å². The zero-order chi connectivity index (χ0) is 14.5. The summed E-state index contributed by atoms with van der Waals surface area (Å²) in [4.78, 5) is 14.7. The predicted molar refractivity (Wildman–Crippen MR) is 81.2 cm³/mol. The second kappa shape index (κ2) is 7.28. The van der Waals surface area contributed by atoms with E-state index in [9.17, 15) is 4.79 Å². The minimum Gasteiger partial charge on any atom is -0.340 e. The molecule has 0 saturated heterocycles. The molecule has 112 valence electrons. The highest BCUT2D eigenvalue weighted by Crippen LogP contribution is 2.31. The van der Waals surface area contributed by atoms with Crippen LogP contribution in [0.2, 0.25) is 0 Å². The van der Waals surface area contributed by atoms with Gasteiger partial charge in [-0.3, -0.25) is 4.79 Å². The van der Waals surface area contributed by atoms with E-state index in [2.05, 4.69) is 37.9 Å². The van der Waals surface area contributed by atoms with Crippen molar-refractivity contribution < 1.29 is 4.79 Å². The molecule has 0 spiro atoms. The molecular formula is C16H32N2O. The molecule has 0 aromatic heterocycles. The minimum atomic E-state index is 0.0550. The van der Waals surface area contributed by atoms with E-state index in [1.165, 1.54) is 19.3 Å². The van der Waals surface area contributed by atoms with Gasteiger partial charge in [-0.2, -0.15) is 0 Å². The average Bonchev–Trinajstić information content (AvgIpc) is 2.36. The average molecular weight is 268 g/mol. The molecule has 0 atom stereocenters. The van der Waals surface area contributed by atoms with Crippen molar-refractivity contribution in [1.82, 2.24) is 10.2 Å². The monoisotopic (exact) mass is 268 g/mol. The summed E-state index contributed by atoms with van der Waals surface area (Å²) < 4.78 is 0. The van der Waals surface area contributed by atoms with Crippen LogP contribution in [0.5, 0.6) is 0 Å². The van der Waals surface area contributed by atoms with Gasteiger partial charge in [-0.15, -0.1) is 0 Å². The maximum Gasteiger partial charge on any atom is 0.224 e. The van der Waals surface area contributed by atoms with Crippen LogP contribution in [0.25, 0.3) is 0 Å². The zero-order valence-corrected chi connectivity index (χ0v) is 13.5. The fraction of sp³-hybridized carbons (Fsp3) is 0.938. The largest absolute Gasteiger partial charge is 0.340 e. The Labute approximate surface area is 119 Å². The van der Waals surface area contributed by atoms with Gasteiger partial charge in [0.25, 0.3) is 0 Å². The summed E-state index contributed by atoms with van der Waals surface area (Å²) in [5.74, 6) is 0.850. The van der Waals surface area contributed by atoms with Gasteiger partial charge in [0.2, 0.25) is 5.91 Å². The Morgan fingerprint density at radius 3 is 2.16 bits per heavy atom. The molecule has 3 heteroatoms. The van der Waals surface area contributed by atoms with Crippen molar-refractivity contribution in [2.75, 3.05) is 13.6 Å². The number of carbonyl (C=O) groups is 1. The Bertz CT molecular complexity index is 280. The van der Waals surface area contributed by atoms with Crippen LogP contribution >= 0.6 is 0 Å². The van der Waals surface area contributed by atoms with Crippen LogP contribution in [0.15, 0.2) is 0 Å². The van der Waals surface area contributed by atoms with E-state index >= 15 is 0 Å². The van der Waals surface area contributed by atoms with Gasteiger partial charge in [-0.25, -0.2) is 0 Å². The SMILES string of the molecule is CNC1(CC(=O)N(CC(C)C)C(C)C)CCCCC1. The number of nitrogens with one attached hydrogen (secondary N) is 1. The Kier molecular flexibility index (Phi) is 6.31. The Balaban J connectivity index is 2.68. The third kappa shape index (κ3) is 4.79. The predicted octanol–water partition coefficient (Wildman–Crippen LogP) is 3.19. The van der Waals surface area contributed by atoms with Crippen molar-refractivity contribution in [3.8, 4) is 0 Å². The Morgan fingerprint density at radius 1 is 1.16 bits per heavy atom. The van der Waals surface area contributed by atoms with Gasteiger partial charge in [-0.1, -0.05) is 33.1 Å². The third-order valence-corrected chi connectivity index (χ3v) is 4.34. The molecule has 0 aromatic carbocycles. The number of amides is 1. The highest BCUT2D eigenvalue weighted by molar-refractivity contribution is 5.77. The third-order valence-electron chi connectivity index (χ3n) is 4.34. The molecule has 1 rings (SSSR count). The molecule has 19 heavy (non-hydrogen) atoms. The maximum atomic E-state index is 12.6. The summed E-state index contributed by atoms with van der Waals surface area (Å²) in [6.45, 7) is 9.46. The van der Waals surface area contributed by atoms with Crippen LogP contribution in [0.4, 0.5) is 0 Å². The van der Waals surface area contributed by atoms with Crippen molar-refractivity contribution in [2.45, 2.75) is 77.8 Å². The highest BCUT2D eigenvalue weighted by Gasteiger charge is 2.34. The van der Waals surface area contributed by atoms with E-state index < -0.39 is 0 Å². The first-order valence-corrected chi connectivity index (χ1v) is 7.88. The van der Waals surface area contributed by atoms with Gasteiger partial charge in [-0.05, 0) is 39.7 Å². The normalized spacial score (nSPS) is 18.9. The second-order valence-electron chi connectivity index (χ2n) is 6.80. The van der Waals surface area contributed by atoms with Crippen molar-refractivity contribution in [1.29, 1.82) is 0 Å². The van der Waals surface area contributed by atoms with Crippen LogP contribution < -0.4 is 5.32 Å². The van der Waals surface area contributed by atoms with E-state index in [1.54, 1.807) is 0 Å². The lowest BCUT2D eigenvalue weighted by molar-refractivity contribution is -0.135. The lowest BCUT2D eigenvalue weighted by Gasteiger charge is -2.39. The van der Waals surface area contributed by atoms with Gasteiger partial charge in [0.1, 0.15) is 0 Å². The molecule has 1 N–H and O–H groups in total. The molecule has 1 fully saturated rings. The molecule has 1 aliphatic rings. The molecule has 0 unspecified atom stereocenters. The molecule has 1 aliphatic carbocycles. The molecule has 0 heterocycles. The second-order valence-corrected chi connectivity index (χ2v) is 6.80. The summed E-state index contributed by atoms with van der Waals surface area (Å²) in [6.07, 6.45) is 6.76. The Hall–Kier alpha value is -0.570. The first-order valence-electron chi connectivity index (χ1n) is 7.88. The minimum absolute atomic E-state index is 0.0550. The first-order chi connectivity index (χ1) is 8.90. The van der Waals surface area contributed by atoms with E-state index in [0.29, 0.717) is 24.3 Å². The van der Waals surface area contributed by atoms with Gasteiger partial charge in [0, 0.05) is 24.5 Å². The fourth-order valence-electron chi connectivity index (χ4n) is 3.13. The molecule has 0 radical (unpaired) electrons. The standard InChI is InChI=1S/C16H32N2O/c1-13(2)12-18(14(3)4)15(19)11-16(17-5)9-7-6-8-10-16/h13-14,17H,6-12H2,1-5H3. The van der Waals surface area contributed by atoms with E-state index in [4.69, 9.17) is 0 Å². The first kappa shape index (κ1) is 16.5. The number of hydrogen-bond acceptors (Lipinski definition) is 2. The van der Waals surface area contributed by atoms with Gasteiger partial charge < -0.3 is 10.2 Å². The van der Waals surface area contributed by atoms with Gasteiger partial charge in [0.15, 0.2) is 0 Å². The number of nitrogens with zero attached hydrogens (tertiary/aromatic N) is 1. The molecule has 0 aliphatic heterocycles. The van der Waals surface area contributed by atoms with E-state index in [0.717, 1.165) is 19.4 Å². The number of rotatable bonds is 6. The number of carbonyl (C=O) groups excluding carboxylic acids is 1. The summed E-state index contributed by atoms with van der Waals surface area (Å²) in [5.41, 5.74) is 0.0550. The van der Waals surface area contributed by atoms with Crippen molar-refractivity contribution in [2.24, 2.45) is 5.92 Å². The smallest absolute Gasteiger partial charge is 0.224 e. The van der Waals surface area contributed by atoms with Crippen LogP contribution in [0, 0.1) is 5.92 Å². The lowest BCUT2D eigenvalue weighted by Crippen LogP contribution is -2.50. The van der Waals surface area contributed by atoms with Gasteiger partial charge in [0.05, 0.1) is 0 Å². The molecule has 1 amide bonds. The molecular weight excluding hydrogens is 236 g/mol. The molecule has 0 aromatic rings. The maximum absolute atomic E-state index is 12.6. The van der Waals surface area contributed by atoms with Crippen molar-refractivity contribution in [3.63, 3.8) is 0 Å². The number of hydrogen-bond donors (Lipinski definition) is 1. The zero-order valence-electron chi connectivity index (χ0n) is 13.5. The molecule has 3 nitrogen and oxygen atoms in total. The van der Waals surface area contributed by atoms with E-state index in [1.807, 2.05) is 7.05 Å². The quantitative estimate of drug-likeness (QED) is 0.802.